The van der Waals surface area contributed by atoms with Crippen LogP contribution in [-0.4, -0.2) is 22.5 Å². The highest BCUT2D eigenvalue weighted by Gasteiger charge is 2.18. The van der Waals surface area contributed by atoms with E-state index in [2.05, 4.69) is 15.3 Å². The molecule has 2 aromatic rings. The van der Waals surface area contributed by atoms with E-state index in [0.29, 0.717) is 11.6 Å². The number of hydrogen-bond acceptors (Lipinski definition) is 5. The standard InChI is InChI=1S/C15H15FN4O2/c16-12-4-3-10(6-11(12)14(17)21)20-15-18-7-9(8-19-15)13-2-1-5-22-13/h3-4,6-8,13H,1-2,5H2,(H2,17,21)(H,18,19,20)/t13-/m1/s1. The van der Waals surface area contributed by atoms with E-state index in [4.69, 9.17) is 10.5 Å². The molecule has 3 rings (SSSR count). The molecule has 2 heterocycles. The molecule has 1 aliphatic rings. The van der Waals surface area contributed by atoms with Gasteiger partial charge in [0.25, 0.3) is 5.91 Å². The molecular weight excluding hydrogens is 287 g/mol. The number of hydrogen-bond donors (Lipinski definition) is 2. The third kappa shape index (κ3) is 3.04. The third-order valence-electron chi connectivity index (χ3n) is 3.46. The van der Waals surface area contributed by atoms with Gasteiger partial charge in [-0.15, -0.1) is 0 Å². The Morgan fingerprint density at radius 3 is 2.77 bits per heavy atom. The Hall–Kier alpha value is -2.54. The summed E-state index contributed by atoms with van der Waals surface area (Å²) in [6.45, 7) is 0.760. The van der Waals surface area contributed by atoms with E-state index in [1.807, 2.05) is 0 Å². The first-order valence-corrected chi connectivity index (χ1v) is 6.93. The number of nitrogens with zero attached hydrogens (tertiary/aromatic N) is 2. The molecule has 114 valence electrons. The minimum absolute atomic E-state index is 0.0568. The normalized spacial score (nSPS) is 17.4. The van der Waals surface area contributed by atoms with Gasteiger partial charge < -0.3 is 15.8 Å². The number of halogens is 1. The molecule has 1 fully saturated rings. The van der Waals surface area contributed by atoms with Crippen molar-refractivity contribution in [2.24, 2.45) is 5.73 Å². The van der Waals surface area contributed by atoms with Crippen LogP contribution < -0.4 is 11.1 Å². The molecule has 1 aromatic carbocycles. The number of aromatic nitrogens is 2. The number of amides is 1. The van der Waals surface area contributed by atoms with Crippen molar-refractivity contribution >= 4 is 17.5 Å². The van der Waals surface area contributed by atoms with Gasteiger partial charge in [-0.1, -0.05) is 0 Å². The highest BCUT2D eigenvalue weighted by Crippen LogP contribution is 2.27. The lowest BCUT2D eigenvalue weighted by Crippen LogP contribution is -2.13. The fraction of sp³-hybridized carbons (Fsp3) is 0.267. The van der Waals surface area contributed by atoms with Crippen LogP contribution in [0.4, 0.5) is 16.0 Å². The second-order valence-electron chi connectivity index (χ2n) is 5.03. The topological polar surface area (TPSA) is 90.1 Å². The first-order valence-electron chi connectivity index (χ1n) is 6.93. The van der Waals surface area contributed by atoms with Crippen molar-refractivity contribution in [2.75, 3.05) is 11.9 Å². The average molecular weight is 302 g/mol. The Balaban J connectivity index is 1.75. The fourth-order valence-corrected chi connectivity index (χ4v) is 2.33. The Morgan fingerprint density at radius 1 is 1.36 bits per heavy atom. The molecule has 7 heteroatoms. The summed E-state index contributed by atoms with van der Waals surface area (Å²) >= 11 is 0. The molecule has 1 aliphatic heterocycles. The van der Waals surface area contributed by atoms with Crippen molar-refractivity contribution in [3.63, 3.8) is 0 Å². The van der Waals surface area contributed by atoms with Crippen molar-refractivity contribution < 1.29 is 13.9 Å². The van der Waals surface area contributed by atoms with Crippen LogP contribution in [0.1, 0.15) is 34.9 Å². The van der Waals surface area contributed by atoms with Crippen LogP contribution in [0.3, 0.4) is 0 Å². The maximum absolute atomic E-state index is 13.4. The Morgan fingerprint density at radius 2 is 2.14 bits per heavy atom. The molecule has 0 radical (unpaired) electrons. The number of benzene rings is 1. The Kier molecular flexibility index (Phi) is 3.97. The number of nitrogens with two attached hydrogens (primary N) is 1. The van der Waals surface area contributed by atoms with E-state index in [-0.39, 0.29) is 11.7 Å². The highest BCUT2D eigenvalue weighted by atomic mass is 19.1. The summed E-state index contributed by atoms with van der Waals surface area (Å²) in [5, 5.41) is 2.91. The number of nitrogens with one attached hydrogen (secondary N) is 1. The van der Waals surface area contributed by atoms with Gasteiger partial charge in [0.1, 0.15) is 5.82 Å². The van der Waals surface area contributed by atoms with E-state index < -0.39 is 11.7 Å². The van der Waals surface area contributed by atoms with Gasteiger partial charge in [0.05, 0.1) is 11.7 Å². The van der Waals surface area contributed by atoms with Crippen LogP contribution in [-0.2, 0) is 4.74 Å². The van der Waals surface area contributed by atoms with Gasteiger partial charge in [-0.25, -0.2) is 14.4 Å². The minimum atomic E-state index is -0.823. The number of anilines is 2. The summed E-state index contributed by atoms with van der Waals surface area (Å²) in [5.41, 5.74) is 6.35. The zero-order valence-corrected chi connectivity index (χ0v) is 11.8. The van der Waals surface area contributed by atoms with E-state index in [9.17, 15) is 9.18 Å². The summed E-state index contributed by atoms with van der Waals surface area (Å²) in [6.07, 6.45) is 5.46. The monoisotopic (exact) mass is 302 g/mol. The molecular formula is C15H15FN4O2. The van der Waals surface area contributed by atoms with E-state index in [1.54, 1.807) is 12.4 Å². The molecule has 0 aliphatic carbocycles. The first kappa shape index (κ1) is 14.4. The second kappa shape index (κ2) is 6.07. The fourth-order valence-electron chi connectivity index (χ4n) is 2.33. The molecule has 0 bridgehead atoms. The molecule has 1 aromatic heterocycles. The maximum Gasteiger partial charge on any atom is 0.251 e. The molecule has 1 atom stereocenters. The van der Waals surface area contributed by atoms with Gasteiger partial charge in [-0.05, 0) is 31.0 Å². The van der Waals surface area contributed by atoms with Crippen molar-refractivity contribution in [3.05, 3.63) is 47.5 Å². The molecule has 1 saturated heterocycles. The lowest BCUT2D eigenvalue weighted by molar-refractivity contribution is 0.0996. The van der Waals surface area contributed by atoms with Crippen LogP contribution in [0, 0.1) is 5.82 Å². The van der Waals surface area contributed by atoms with Crippen molar-refractivity contribution in [1.29, 1.82) is 0 Å². The van der Waals surface area contributed by atoms with Gasteiger partial charge in [-0.3, -0.25) is 4.79 Å². The summed E-state index contributed by atoms with van der Waals surface area (Å²) in [5.74, 6) is -1.13. The van der Waals surface area contributed by atoms with Gasteiger partial charge in [-0.2, -0.15) is 0 Å². The molecule has 1 amide bonds. The molecule has 6 nitrogen and oxygen atoms in total. The van der Waals surface area contributed by atoms with E-state index in [0.717, 1.165) is 25.0 Å². The number of rotatable bonds is 4. The smallest absolute Gasteiger partial charge is 0.251 e. The molecule has 0 saturated carbocycles. The van der Waals surface area contributed by atoms with Gasteiger partial charge in [0.2, 0.25) is 5.95 Å². The van der Waals surface area contributed by atoms with Gasteiger partial charge in [0.15, 0.2) is 0 Å². The number of carbonyl (C=O) groups is 1. The Labute approximate surface area is 126 Å². The van der Waals surface area contributed by atoms with Crippen LogP contribution in [0.2, 0.25) is 0 Å². The largest absolute Gasteiger partial charge is 0.373 e. The minimum Gasteiger partial charge on any atom is -0.373 e. The van der Waals surface area contributed by atoms with E-state index in [1.165, 1.54) is 18.2 Å². The predicted octanol–water partition coefficient (Wildman–Crippen LogP) is 2.31. The lowest BCUT2D eigenvalue weighted by atomic mass is 10.1. The van der Waals surface area contributed by atoms with Crippen LogP contribution in [0.5, 0.6) is 0 Å². The summed E-state index contributed by atoms with van der Waals surface area (Å²) in [6, 6.07) is 3.98. The summed E-state index contributed by atoms with van der Waals surface area (Å²) in [4.78, 5) is 19.5. The van der Waals surface area contributed by atoms with Crippen molar-refractivity contribution in [1.82, 2.24) is 9.97 Å². The van der Waals surface area contributed by atoms with E-state index >= 15 is 0 Å². The number of ether oxygens (including phenoxy) is 1. The number of carbonyl (C=O) groups excluding carboxylic acids is 1. The van der Waals surface area contributed by atoms with Crippen molar-refractivity contribution in [2.45, 2.75) is 18.9 Å². The Bertz CT molecular complexity index is 684. The lowest BCUT2D eigenvalue weighted by Gasteiger charge is -2.10. The maximum atomic E-state index is 13.4. The zero-order chi connectivity index (χ0) is 15.5. The highest BCUT2D eigenvalue weighted by molar-refractivity contribution is 5.94. The summed E-state index contributed by atoms with van der Waals surface area (Å²) in [7, 11) is 0. The quantitative estimate of drug-likeness (QED) is 0.904. The SMILES string of the molecule is NC(=O)c1cc(Nc2ncc([C@H]3CCCO3)cn2)ccc1F. The zero-order valence-electron chi connectivity index (χ0n) is 11.8. The van der Waals surface area contributed by atoms with Crippen LogP contribution in [0.15, 0.2) is 30.6 Å². The average Bonchev–Trinajstić information content (AvgIpc) is 3.04. The van der Waals surface area contributed by atoms with Gasteiger partial charge in [0, 0.05) is 30.3 Å². The molecule has 3 N–H and O–H groups in total. The summed E-state index contributed by atoms with van der Waals surface area (Å²) < 4.78 is 19.0. The van der Waals surface area contributed by atoms with Crippen LogP contribution >= 0.6 is 0 Å². The molecule has 0 spiro atoms. The third-order valence-corrected chi connectivity index (χ3v) is 3.46. The van der Waals surface area contributed by atoms with Crippen molar-refractivity contribution in [3.8, 4) is 0 Å². The molecule has 0 unspecified atom stereocenters. The first-order chi connectivity index (χ1) is 10.6. The predicted molar refractivity (Wildman–Crippen MR) is 78.2 cm³/mol. The van der Waals surface area contributed by atoms with Gasteiger partial charge >= 0.3 is 0 Å². The molecule has 22 heavy (non-hydrogen) atoms. The van der Waals surface area contributed by atoms with Crippen LogP contribution in [0.25, 0.3) is 0 Å². The number of primary amides is 1. The second-order valence-corrected chi connectivity index (χ2v) is 5.03.